The van der Waals surface area contributed by atoms with Gasteiger partial charge in [0.1, 0.15) is 5.82 Å². The molecule has 2 atom stereocenters. The van der Waals surface area contributed by atoms with Gasteiger partial charge in [-0.05, 0) is 31.4 Å². The van der Waals surface area contributed by atoms with Gasteiger partial charge in [0.25, 0.3) is 0 Å². The predicted octanol–water partition coefficient (Wildman–Crippen LogP) is 3.05. The summed E-state index contributed by atoms with van der Waals surface area (Å²) in [6.07, 6.45) is 1.87. The van der Waals surface area contributed by atoms with Gasteiger partial charge < -0.3 is 10.6 Å². The summed E-state index contributed by atoms with van der Waals surface area (Å²) < 4.78 is 14.2. The second kappa shape index (κ2) is 6.62. The SMILES string of the molecule is CCC1CN(c2c(F)cccc2CC(C)N)CCS1. The van der Waals surface area contributed by atoms with Crippen LogP contribution in [-0.2, 0) is 6.42 Å². The van der Waals surface area contributed by atoms with Crippen molar-refractivity contribution in [1.82, 2.24) is 0 Å². The van der Waals surface area contributed by atoms with E-state index in [9.17, 15) is 4.39 Å². The number of nitrogens with two attached hydrogens (primary N) is 1. The summed E-state index contributed by atoms with van der Waals surface area (Å²) in [5.41, 5.74) is 7.70. The molecule has 2 unspecified atom stereocenters. The fourth-order valence-corrected chi connectivity index (χ4v) is 3.78. The molecule has 1 aliphatic rings. The maximum absolute atomic E-state index is 14.2. The topological polar surface area (TPSA) is 29.3 Å². The van der Waals surface area contributed by atoms with Gasteiger partial charge in [-0.2, -0.15) is 11.8 Å². The van der Waals surface area contributed by atoms with Crippen LogP contribution in [0.2, 0.25) is 0 Å². The van der Waals surface area contributed by atoms with Crippen LogP contribution in [0.15, 0.2) is 18.2 Å². The molecule has 0 radical (unpaired) electrons. The highest BCUT2D eigenvalue weighted by atomic mass is 32.2. The van der Waals surface area contributed by atoms with Crippen LogP contribution in [0.4, 0.5) is 10.1 Å². The summed E-state index contributed by atoms with van der Waals surface area (Å²) in [6, 6.07) is 5.40. The van der Waals surface area contributed by atoms with Gasteiger partial charge in [-0.25, -0.2) is 4.39 Å². The van der Waals surface area contributed by atoms with Crippen molar-refractivity contribution in [2.75, 3.05) is 23.7 Å². The first-order valence-corrected chi connectivity index (χ1v) is 8.06. The molecule has 1 saturated heterocycles. The zero-order chi connectivity index (χ0) is 13.8. The van der Waals surface area contributed by atoms with Crippen LogP contribution in [0.25, 0.3) is 0 Å². The fraction of sp³-hybridized carbons (Fsp3) is 0.600. The third-order valence-corrected chi connectivity index (χ3v) is 4.89. The van der Waals surface area contributed by atoms with E-state index in [1.807, 2.05) is 24.8 Å². The van der Waals surface area contributed by atoms with Crippen molar-refractivity contribution in [2.45, 2.75) is 38.0 Å². The van der Waals surface area contributed by atoms with Gasteiger partial charge in [-0.1, -0.05) is 19.1 Å². The Labute approximate surface area is 119 Å². The van der Waals surface area contributed by atoms with Gasteiger partial charge in [-0.15, -0.1) is 0 Å². The molecule has 4 heteroatoms. The number of thioether (sulfide) groups is 1. The highest BCUT2D eigenvalue weighted by molar-refractivity contribution is 8.00. The smallest absolute Gasteiger partial charge is 0.146 e. The number of nitrogens with zero attached hydrogens (tertiary/aromatic N) is 1. The number of halogens is 1. The summed E-state index contributed by atoms with van der Waals surface area (Å²) in [4.78, 5) is 2.21. The molecule has 106 valence electrons. The van der Waals surface area contributed by atoms with Gasteiger partial charge in [0.05, 0.1) is 5.69 Å². The molecule has 0 bridgehead atoms. The van der Waals surface area contributed by atoms with Gasteiger partial charge in [-0.3, -0.25) is 0 Å². The second-order valence-corrected chi connectivity index (χ2v) is 6.68. The zero-order valence-corrected chi connectivity index (χ0v) is 12.5. The maximum atomic E-state index is 14.2. The largest absolute Gasteiger partial charge is 0.367 e. The molecule has 0 spiro atoms. The highest BCUT2D eigenvalue weighted by Gasteiger charge is 2.23. The van der Waals surface area contributed by atoms with Gasteiger partial charge in [0, 0.05) is 30.1 Å². The lowest BCUT2D eigenvalue weighted by molar-refractivity contribution is 0.607. The van der Waals surface area contributed by atoms with E-state index >= 15 is 0 Å². The quantitative estimate of drug-likeness (QED) is 0.920. The first kappa shape index (κ1) is 14.7. The molecule has 1 aromatic rings. The average Bonchev–Trinajstić information content (AvgIpc) is 2.38. The van der Waals surface area contributed by atoms with Crippen LogP contribution in [0.5, 0.6) is 0 Å². The van der Waals surface area contributed by atoms with Crippen molar-refractivity contribution in [3.05, 3.63) is 29.6 Å². The van der Waals surface area contributed by atoms with Crippen LogP contribution in [0.3, 0.4) is 0 Å². The van der Waals surface area contributed by atoms with Gasteiger partial charge >= 0.3 is 0 Å². The number of anilines is 1. The molecule has 0 amide bonds. The van der Waals surface area contributed by atoms with E-state index in [1.54, 1.807) is 12.1 Å². The molecule has 19 heavy (non-hydrogen) atoms. The van der Waals surface area contributed by atoms with Crippen molar-refractivity contribution in [2.24, 2.45) is 5.73 Å². The minimum absolute atomic E-state index is 0.0571. The van der Waals surface area contributed by atoms with Crippen molar-refractivity contribution >= 4 is 17.4 Å². The van der Waals surface area contributed by atoms with E-state index < -0.39 is 0 Å². The number of rotatable bonds is 4. The van der Waals surface area contributed by atoms with Crippen molar-refractivity contribution in [1.29, 1.82) is 0 Å². The zero-order valence-electron chi connectivity index (χ0n) is 11.7. The van der Waals surface area contributed by atoms with Crippen molar-refractivity contribution in [3.8, 4) is 0 Å². The Morgan fingerprint density at radius 3 is 3.00 bits per heavy atom. The average molecular weight is 282 g/mol. The number of hydrogen-bond donors (Lipinski definition) is 1. The van der Waals surface area contributed by atoms with Gasteiger partial charge in [0.2, 0.25) is 0 Å². The lowest BCUT2D eigenvalue weighted by Gasteiger charge is -2.35. The molecular formula is C15H23FN2S. The predicted molar refractivity (Wildman–Crippen MR) is 82.5 cm³/mol. The Balaban J connectivity index is 2.26. The molecular weight excluding hydrogens is 259 g/mol. The lowest BCUT2D eigenvalue weighted by Crippen LogP contribution is -2.39. The highest BCUT2D eigenvalue weighted by Crippen LogP contribution is 2.31. The van der Waals surface area contributed by atoms with Crippen LogP contribution in [0, 0.1) is 5.82 Å². The maximum Gasteiger partial charge on any atom is 0.146 e. The van der Waals surface area contributed by atoms with E-state index in [4.69, 9.17) is 5.73 Å². The Bertz CT molecular complexity index is 423. The van der Waals surface area contributed by atoms with Crippen molar-refractivity contribution < 1.29 is 4.39 Å². The van der Waals surface area contributed by atoms with Crippen LogP contribution in [-0.4, -0.2) is 30.1 Å². The van der Waals surface area contributed by atoms with Crippen LogP contribution >= 0.6 is 11.8 Å². The summed E-state index contributed by atoms with van der Waals surface area (Å²) in [7, 11) is 0. The number of para-hydroxylation sites is 1. The fourth-order valence-electron chi connectivity index (χ4n) is 2.60. The normalized spacial score (nSPS) is 21.5. The minimum Gasteiger partial charge on any atom is -0.367 e. The van der Waals surface area contributed by atoms with E-state index in [0.29, 0.717) is 5.25 Å². The van der Waals surface area contributed by atoms with E-state index in [0.717, 1.165) is 42.9 Å². The Morgan fingerprint density at radius 1 is 1.53 bits per heavy atom. The minimum atomic E-state index is -0.111. The Morgan fingerprint density at radius 2 is 2.32 bits per heavy atom. The molecule has 2 nitrogen and oxygen atoms in total. The van der Waals surface area contributed by atoms with E-state index in [-0.39, 0.29) is 11.9 Å². The molecule has 0 saturated carbocycles. The monoisotopic (exact) mass is 282 g/mol. The molecule has 1 heterocycles. The molecule has 1 aliphatic heterocycles. The first-order valence-electron chi connectivity index (χ1n) is 7.01. The van der Waals surface area contributed by atoms with Gasteiger partial charge in [0.15, 0.2) is 0 Å². The summed E-state index contributed by atoms with van der Waals surface area (Å²) >= 11 is 2.00. The van der Waals surface area contributed by atoms with Crippen molar-refractivity contribution in [3.63, 3.8) is 0 Å². The molecule has 2 rings (SSSR count). The lowest BCUT2D eigenvalue weighted by atomic mass is 10.0. The summed E-state index contributed by atoms with van der Waals surface area (Å²) in [5, 5.41) is 0.608. The molecule has 1 aromatic carbocycles. The number of hydrogen-bond acceptors (Lipinski definition) is 3. The summed E-state index contributed by atoms with van der Waals surface area (Å²) in [6.45, 7) is 6.03. The second-order valence-electron chi connectivity index (χ2n) is 5.28. The summed E-state index contributed by atoms with van der Waals surface area (Å²) in [5.74, 6) is 0.963. The molecule has 0 aliphatic carbocycles. The standard InChI is InChI=1S/C15H23FN2S/c1-3-13-10-18(7-8-19-13)15-12(9-11(2)17)5-4-6-14(15)16/h4-6,11,13H,3,7-10,17H2,1-2H3. The van der Waals surface area contributed by atoms with E-state index in [2.05, 4.69) is 11.8 Å². The Hall–Kier alpha value is -0.740. The van der Waals surface area contributed by atoms with Crippen LogP contribution in [0.1, 0.15) is 25.8 Å². The third-order valence-electron chi connectivity index (χ3n) is 3.52. The third kappa shape index (κ3) is 3.63. The molecule has 0 aromatic heterocycles. The Kier molecular flexibility index (Phi) is 5.11. The first-order chi connectivity index (χ1) is 9.11. The molecule has 1 fully saturated rings. The van der Waals surface area contributed by atoms with E-state index in [1.165, 1.54) is 0 Å². The number of benzene rings is 1. The molecule has 2 N–H and O–H groups in total. The van der Waals surface area contributed by atoms with Crippen LogP contribution < -0.4 is 10.6 Å².